The third-order valence-corrected chi connectivity index (χ3v) is 3.73. The molecule has 1 atom stereocenters. The van der Waals surface area contributed by atoms with Crippen molar-refractivity contribution >= 4 is 11.8 Å². The molecule has 0 saturated heterocycles. The maximum Gasteiger partial charge on any atom is 0.0419 e. The molecule has 90 valence electrons. The molecule has 0 radical (unpaired) electrons. The van der Waals surface area contributed by atoms with E-state index in [0.717, 1.165) is 23.8 Å². The first-order chi connectivity index (χ1) is 7.72. The predicted octanol–water partition coefficient (Wildman–Crippen LogP) is 1.85. The number of nitrogens with two attached hydrogens (primary N) is 1. The molecular formula is C12H21N3S. The maximum absolute atomic E-state index is 5.55. The molecule has 0 aliphatic rings. The lowest BCUT2D eigenvalue weighted by Crippen LogP contribution is -2.39. The van der Waals surface area contributed by atoms with Gasteiger partial charge in [-0.05, 0) is 23.8 Å². The molecule has 0 aliphatic carbocycles. The van der Waals surface area contributed by atoms with Gasteiger partial charge in [-0.15, -0.1) is 0 Å². The minimum atomic E-state index is 0.304. The molecule has 0 fully saturated rings. The Labute approximate surface area is 102 Å². The van der Waals surface area contributed by atoms with Gasteiger partial charge in [0.05, 0.1) is 0 Å². The van der Waals surface area contributed by atoms with Crippen molar-refractivity contribution < 1.29 is 0 Å². The third-order valence-electron chi connectivity index (χ3n) is 2.19. The summed E-state index contributed by atoms with van der Waals surface area (Å²) in [5, 5.41) is 0. The van der Waals surface area contributed by atoms with E-state index in [1.165, 1.54) is 5.75 Å². The van der Waals surface area contributed by atoms with Gasteiger partial charge in [-0.2, -0.15) is 11.8 Å². The highest BCUT2D eigenvalue weighted by atomic mass is 32.2. The first-order valence-corrected chi connectivity index (χ1v) is 6.81. The van der Waals surface area contributed by atoms with E-state index in [1.807, 2.05) is 36.2 Å². The summed E-state index contributed by atoms with van der Waals surface area (Å²) >= 11 is 1.94. The van der Waals surface area contributed by atoms with Crippen molar-refractivity contribution in [3.8, 4) is 0 Å². The zero-order valence-corrected chi connectivity index (χ0v) is 10.8. The predicted molar refractivity (Wildman–Crippen MR) is 71.2 cm³/mol. The van der Waals surface area contributed by atoms with Crippen molar-refractivity contribution in [2.24, 2.45) is 11.8 Å². The SMILES string of the molecule is CC(C)CSCC(Cc1ccccn1)NN. The lowest BCUT2D eigenvalue weighted by molar-refractivity contribution is 0.568. The Hall–Kier alpha value is -0.580. The van der Waals surface area contributed by atoms with Crippen molar-refractivity contribution in [3.63, 3.8) is 0 Å². The number of aromatic nitrogens is 1. The molecule has 0 amide bonds. The average molecular weight is 239 g/mol. The van der Waals surface area contributed by atoms with E-state index in [0.29, 0.717) is 6.04 Å². The Kier molecular flexibility index (Phi) is 6.45. The Bertz CT molecular complexity index is 277. The quantitative estimate of drug-likeness (QED) is 0.563. The van der Waals surface area contributed by atoms with Crippen molar-refractivity contribution in [1.29, 1.82) is 0 Å². The first-order valence-electron chi connectivity index (χ1n) is 5.66. The molecule has 1 rings (SSSR count). The Morgan fingerprint density at radius 1 is 1.38 bits per heavy atom. The number of hydrogen-bond donors (Lipinski definition) is 2. The van der Waals surface area contributed by atoms with Crippen LogP contribution in [0.5, 0.6) is 0 Å². The van der Waals surface area contributed by atoms with Gasteiger partial charge in [-0.1, -0.05) is 19.9 Å². The molecule has 4 heteroatoms. The van der Waals surface area contributed by atoms with Crippen LogP contribution in [0.15, 0.2) is 24.4 Å². The highest BCUT2D eigenvalue weighted by molar-refractivity contribution is 7.99. The molecule has 1 unspecified atom stereocenters. The van der Waals surface area contributed by atoms with E-state index in [4.69, 9.17) is 5.84 Å². The summed E-state index contributed by atoms with van der Waals surface area (Å²) in [4.78, 5) is 4.30. The Balaban J connectivity index is 2.32. The Morgan fingerprint density at radius 2 is 2.19 bits per heavy atom. The van der Waals surface area contributed by atoms with Crippen LogP contribution in [0.1, 0.15) is 19.5 Å². The van der Waals surface area contributed by atoms with Crippen molar-refractivity contribution in [2.45, 2.75) is 26.3 Å². The monoisotopic (exact) mass is 239 g/mol. The fourth-order valence-electron chi connectivity index (χ4n) is 1.38. The van der Waals surface area contributed by atoms with E-state index < -0.39 is 0 Å². The highest BCUT2D eigenvalue weighted by Gasteiger charge is 2.08. The fourth-order valence-corrected chi connectivity index (χ4v) is 2.49. The molecule has 0 saturated carbocycles. The van der Waals surface area contributed by atoms with Crippen LogP contribution in [0.25, 0.3) is 0 Å². The summed E-state index contributed by atoms with van der Waals surface area (Å²) in [5.74, 6) is 8.49. The summed E-state index contributed by atoms with van der Waals surface area (Å²) in [6, 6.07) is 6.29. The van der Waals surface area contributed by atoms with E-state index in [2.05, 4.69) is 24.3 Å². The van der Waals surface area contributed by atoms with Crippen LogP contribution in [0.4, 0.5) is 0 Å². The minimum absolute atomic E-state index is 0.304. The molecule has 0 spiro atoms. The number of pyridine rings is 1. The number of thioether (sulfide) groups is 1. The molecule has 3 N–H and O–H groups in total. The van der Waals surface area contributed by atoms with Crippen LogP contribution in [0.3, 0.4) is 0 Å². The van der Waals surface area contributed by atoms with Crippen LogP contribution >= 0.6 is 11.8 Å². The smallest absolute Gasteiger partial charge is 0.0419 e. The van der Waals surface area contributed by atoms with Crippen LogP contribution in [-0.4, -0.2) is 22.5 Å². The topological polar surface area (TPSA) is 50.9 Å². The molecule has 0 bridgehead atoms. The van der Waals surface area contributed by atoms with Crippen LogP contribution in [0, 0.1) is 5.92 Å². The number of nitrogens with zero attached hydrogens (tertiary/aromatic N) is 1. The lowest BCUT2D eigenvalue weighted by atomic mass is 10.2. The third kappa shape index (κ3) is 5.49. The molecule has 3 nitrogen and oxygen atoms in total. The summed E-state index contributed by atoms with van der Waals surface area (Å²) in [5.41, 5.74) is 3.96. The van der Waals surface area contributed by atoms with Gasteiger partial charge in [-0.3, -0.25) is 16.3 Å². The average Bonchev–Trinajstić information content (AvgIpc) is 2.28. The number of hydrazine groups is 1. The van der Waals surface area contributed by atoms with Gasteiger partial charge in [0.2, 0.25) is 0 Å². The standard InChI is InChI=1S/C12H21N3S/c1-10(2)8-16-9-12(15-13)7-11-5-3-4-6-14-11/h3-6,10,12,15H,7-9,13H2,1-2H3. The highest BCUT2D eigenvalue weighted by Crippen LogP contribution is 2.10. The lowest BCUT2D eigenvalue weighted by Gasteiger charge is -2.15. The first kappa shape index (κ1) is 13.5. The van der Waals surface area contributed by atoms with Crippen molar-refractivity contribution in [3.05, 3.63) is 30.1 Å². The molecule has 16 heavy (non-hydrogen) atoms. The van der Waals surface area contributed by atoms with Crippen LogP contribution < -0.4 is 11.3 Å². The van der Waals surface area contributed by atoms with Gasteiger partial charge in [0.1, 0.15) is 0 Å². The van der Waals surface area contributed by atoms with E-state index in [9.17, 15) is 0 Å². The number of rotatable bonds is 7. The van der Waals surface area contributed by atoms with E-state index >= 15 is 0 Å². The maximum atomic E-state index is 5.55. The summed E-state index contributed by atoms with van der Waals surface area (Å²) in [6.07, 6.45) is 2.71. The van der Waals surface area contributed by atoms with Crippen molar-refractivity contribution in [2.75, 3.05) is 11.5 Å². The zero-order valence-electron chi connectivity index (χ0n) is 10.0. The van der Waals surface area contributed by atoms with E-state index in [1.54, 1.807) is 0 Å². The van der Waals surface area contributed by atoms with Gasteiger partial charge in [0, 0.05) is 30.1 Å². The van der Waals surface area contributed by atoms with Crippen LogP contribution in [0.2, 0.25) is 0 Å². The van der Waals surface area contributed by atoms with Gasteiger partial charge in [0.25, 0.3) is 0 Å². The second-order valence-corrected chi connectivity index (χ2v) is 5.40. The molecule has 1 aromatic rings. The number of nitrogens with one attached hydrogen (secondary N) is 1. The summed E-state index contributed by atoms with van der Waals surface area (Å²) in [6.45, 7) is 4.47. The zero-order chi connectivity index (χ0) is 11.8. The minimum Gasteiger partial charge on any atom is -0.271 e. The van der Waals surface area contributed by atoms with Gasteiger partial charge in [0.15, 0.2) is 0 Å². The second kappa shape index (κ2) is 7.65. The summed E-state index contributed by atoms with van der Waals surface area (Å²) < 4.78 is 0. The van der Waals surface area contributed by atoms with Gasteiger partial charge >= 0.3 is 0 Å². The molecular weight excluding hydrogens is 218 g/mol. The fraction of sp³-hybridized carbons (Fsp3) is 0.583. The summed E-state index contributed by atoms with van der Waals surface area (Å²) in [7, 11) is 0. The molecule has 0 aromatic carbocycles. The van der Waals surface area contributed by atoms with E-state index in [-0.39, 0.29) is 0 Å². The van der Waals surface area contributed by atoms with Crippen LogP contribution in [-0.2, 0) is 6.42 Å². The Morgan fingerprint density at radius 3 is 2.75 bits per heavy atom. The molecule has 0 aliphatic heterocycles. The largest absolute Gasteiger partial charge is 0.271 e. The second-order valence-electron chi connectivity index (χ2n) is 4.32. The van der Waals surface area contributed by atoms with Gasteiger partial charge in [-0.25, -0.2) is 0 Å². The van der Waals surface area contributed by atoms with Crippen molar-refractivity contribution in [1.82, 2.24) is 10.4 Å². The molecule has 1 aromatic heterocycles. The number of hydrogen-bond acceptors (Lipinski definition) is 4. The normalized spacial score (nSPS) is 13.0. The molecule has 1 heterocycles. The van der Waals surface area contributed by atoms with Gasteiger partial charge < -0.3 is 0 Å².